The molecule has 0 radical (unpaired) electrons. The first-order valence-corrected chi connectivity index (χ1v) is 43.7. The van der Waals surface area contributed by atoms with Crippen LogP contribution >= 0.6 is 11.3 Å². The van der Waals surface area contributed by atoms with Crippen LogP contribution in [0.1, 0.15) is 135 Å². The molecular formula is C81H100N12O25S3. The molecule has 1 saturated heterocycles. The molecule has 11 N–H and O–H groups in total. The molecule has 4 aliphatic carbocycles. The molecule has 9 atom stereocenters. The number of carboxylic acids is 2. The fourth-order valence-corrected chi connectivity index (χ4v) is 20.2. The third-order valence-electron chi connectivity index (χ3n) is 23.3. The van der Waals surface area contributed by atoms with Crippen molar-refractivity contribution in [2.75, 3.05) is 86.1 Å². The minimum absolute atomic E-state index is 0.0917. The van der Waals surface area contributed by atoms with Crippen molar-refractivity contribution in [3.63, 3.8) is 0 Å². The van der Waals surface area contributed by atoms with Crippen molar-refractivity contribution in [1.29, 1.82) is 0 Å². The number of pyridine rings is 1. The largest absolute Gasteiger partial charge is 0.479 e. The molecular weight excluding hydrogens is 1640 g/mol. The lowest BCUT2D eigenvalue weighted by atomic mass is 9.39. The Hall–Kier alpha value is -10.3. The molecule has 13 rings (SSSR count). The number of aliphatic carboxylic acids is 1. The number of imide groups is 1. The van der Waals surface area contributed by atoms with Gasteiger partial charge in [0.05, 0.1) is 59.4 Å². The van der Waals surface area contributed by atoms with E-state index in [4.69, 9.17) is 33.6 Å². The van der Waals surface area contributed by atoms with Gasteiger partial charge < -0.3 is 75.1 Å². The van der Waals surface area contributed by atoms with E-state index < -0.39 is 172 Å². The van der Waals surface area contributed by atoms with Crippen LogP contribution < -0.4 is 26.2 Å². The van der Waals surface area contributed by atoms with Crippen molar-refractivity contribution in [2.24, 2.45) is 22.2 Å². The maximum absolute atomic E-state index is 14.4. The molecule has 3 aromatic heterocycles. The molecule has 40 heteroatoms. The molecule has 3 aromatic carbocycles. The number of amides is 8. The number of aromatic carboxylic acids is 1. The molecule has 5 fully saturated rings. The van der Waals surface area contributed by atoms with Gasteiger partial charge in [0.2, 0.25) is 23.6 Å². The van der Waals surface area contributed by atoms with Crippen LogP contribution in [-0.2, 0) is 105 Å². The number of aliphatic hydroxyl groups is 3. The number of aryl methyl sites for hydroxylation is 1. The number of hydrogen-bond acceptors (Lipinski definition) is 26. The van der Waals surface area contributed by atoms with Crippen LogP contribution in [-0.4, -0.2) is 264 Å². The lowest BCUT2D eigenvalue weighted by Crippen LogP contribution is -2.64. The average Bonchev–Trinajstić information content (AvgIpc) is 1.15. The summed E-state index contributed by atoms with van der Waals surface area (Å²) in [5, 5.41) is 69.1. The minimum atomic E-state index is -4.67. The van der Waals surface area contributed by atoms with E-state index in [1.165, 1.54) is 36.5 Å². The standard InChI is InChI=1S/C81H100N12O25S3/c1-46(2)65(87-61(94)23-25-89(26-29-115-31-33-121(112,113)114)64(97)37-92-62(95)20-21-63(92)96)73(103)83-47(3)71(101)84-52-16-14-51(50(34-52)15-18-58-67(98)68(99)69(100)70(118-58)75(106)107)38-116-77(108)90(28-32-120(109,110)111)27-30-117-81-42-78(5)39-79(6,43-81)41-80(40-78,44-81)45-93-48(4)55(35-82-93)53-17-19-60(86-66(53)74(104)105)91-24-22-49-10-9-11-54(56(49)36-91)72(102)88-76-85-57-12-7-8-13-59(57)119-76/h7-14,16-17,19-21,34-35,46-47,58,65,67-70,98-100H,15,18,22-33,36-45H2,1-6H3,(H,83,103)(H,84,101)(H,87,94)(H,104,105)(H,106,107)(H,85,88,102)(H,109,110,111)(H,112,113,114)/t47-,58-,65-,67-,68-,69+,70-,78?,79?,80?,81?/m0/s1. The van der Waals surface area contributed by atoms with Gasteiger partial charge in [-0.15, -0.1) is 0 Å². The Bertz CT molecular complexity index is 5200. The predicted molar refractivity (Wildman–Crippen MR) is 436 cm³/mol. The summed E-state index contributed by atoms with van der Waals surface area (Å²) >= 11 is 1.38. The third-order valence-corrected chi connectivity index (χ3v) is 25.6. The monoisotopic (exact) mass is 1740 g/mol. The zero-order valence-corrected chi connectivity index (χ0v) is 70.0. The second-order valence-electron chi connectivity index (χ2n) is 33.3. The van der Waals surface area contributed by atoms with Crippen molar-refractivity contribution in [2.45, 2.75) is 174 Å². The number of ether oxygens (including phenoxy) is 4. The number of thiazole rings is 1. The van der Waals surface area contributed by atoms with Gasteiger partial charge in [-0.2, -0.15) is 21.9 Å². The maximum atomic E-state index is 14.4. The van der Waals surface area contributed by atoms with E-state index in [0.29, 0.717) is 83.4 Å². The van der Waals surface area contributed by atoms with Gasteiger partial charge in [0.15, 0.2) is 16.9 Å². The molecule has 4 saturated carbocycles. The highest BCUT2D eigenvalue weighted by atomic mass is 32.2. The number of nitrogens with one attached hydrogen (secondary N) is 4. The number of nitrogens with zero attached hydrogens (tertiary/aromatic N) is 8. The minimum Gasteiger partial charge on any atom is -0.479 e. The normalized spacial score (nSPS) is 23.6. The van der Waals surface area contributed by atoms with Crippen molar-refractivity contribution in [3.8, 4) is 11.1 Å². The molecule has 8 amide bonds. The summed E-state index contributed by atoms with van der Waals surface area (Å²) in [5.74, 6) is -9.61. The van der Waals surface area contributed by atoms with Gasteiger partial charge >= 0.3 is 18.0 Å². The van der Waals surface area contributed by atoms with Crippen LogP contribution in [0.25, 0.3) is 21.3 Å². The second kappa shape index (κ2) is 36.8. The fourth-order valence-electron chi connectivity index (χ4n) is 18.6. The molecule has 4 bridgehead atoms. The van der Waals surface area contributed by atoms with Crippen LogP contribution in [0.3, 0.4) is 0 Å². The molecule has 7 aliphatic rings. The van der Waals surface area contributed by atoms with E-state index in [1.807, 2.05) is 52.9 Å². The first kappa shape index (κ1) is 90.0. The van der Waals surface area contributed by atoms with E-state index in [0.717, 1.165) is 68.3 Å². The number of carbonyl (C=O) groups is 10. The number of carboxylic acid groups (broad SMARTS) is 2. The summed E-state index contributed by atoms with van der Waals surface area (Å²) < 4.78 is 92.8. The zero-order chi connectivity index (χ0) is 87.4. The molecule has 2 unspecified atom stereocenters. The van der Waals surface area contributed by atoms with Gasteiger partial charge in [-0.1, -0.05) is 69.4 Å². The van der Waals surface area contributed by atoms with Gasteiger partial charge in [-0.3, -0.25) is 57.6 Å². The van der Waals surface area contributed by atoms with Crippen LogP contribution in [0.4, 0.5) is 21.4 Å². The molecule has 121 heavy (non-hydrogen) atoms. The molecule has 652 valence electrons. The Labute approximate surface area is 701 Å². The Morgan fingerprint density at radius 1 is 0.736 bits per heavy atom. The number of fused-ring (bicyclic) bond motifs is 2. The molecule has 3 aliphatic heterocycles. The van der Waals surface area contributed by atoms with E-state index in [1.54, 1.807) is 38.2 Å². The molecule has 6 aromatic rings. The lowest BCUT2D eigenvalue weighted by Gasteiger charge is -2.69. The zero-order valence-electron chi connectivity index (χ0n) is 67.5. The Morgan fingerprint density at radius 2 is 1.45 bits per heavy atom. The van der Waals surface area contributed by atoms with Gasteiger partial charge in [0, 0.05) is 92.5 Å². The van der Waals surface area contributed by atoms with Gasteiger partial charge in [-0.05, 0) is 159 Å². The summed E-state index contributed by atoms with van der Waals surface area (Å²) in [6.07, 6.45) is -2.28. The van der Waals surface area contributed by atoms with Crippen molar-refractivity contribution < 1.29 is 118 Å². The molecule has 0 spiro atoms. The van der Waals surface area contributed by atoms with Gasteiger partial charge in [0.1, 0.15) is 49.4 Å². The predicted octanol–water partition coefficient (Wildman–Crippen LogP) is 4.54. The maximum Gasteiger partial charge on any atom is 0.410 e. The van der Waals surface area contributed by atoms with Crippen LogP contribution in [0.2, 0.25) is 0 Å². The van der Waals surface area contributed by atoms with Gasteiger partial charge in [-0.25, -0.2) is 24.4 Å². The average molecular weight is 1740 g/mol. The van der Waals surface area contributed by atoms with Gasteiger partial charge in [0.25, 0.3) is 38.0 Å². The van der Waals surface area contributed by atoms with Crippen LogP contribution in [0.15, 0.2) is 91.1 Å². The quantitative estimate of drug-likeness (QED) is 0.0145. The van der Waals surface area contributed by atoms with Crippen molar-refractivity contribution in [1.82, 2.24) is 45.1 Å². The number of carbonyl (C=O) groups excluding carboxylic acids is 8. The highest BCUT2D eigenvalue weighted by Gasteiger charge is 2.66. The number of anilines is 3. The number of hydrogen-bond donors (Lipinski definition) is 11. The fraction of sp³-hybridized carbons (Fsp3) is 0.519. The van der Waals surface area contributed by atoms with E-state index >= 15 is 0 Å². The number of benzene rings is 3. The Balaban J connectivity index is 0.697. The summed E-state index contributed by atoms with van der Waals surface area (Å²) in [5.41, 5.74) is 3.66. The number of para-hydroxylation sites is 1. The molecule has 37 nitrogen and oxygen atoms in total. The number of rotatable bonds is 37. The topological polar surface area (TPSA) is 522 Å². The summed E-state index contributed by atoms with van der Waals surface area (Å²) in [6, 6.07) is 18.5. The third kappa shape index (κ3) is 21.8. The van der Waals surface area contributed by atoms with E-state index in [-0.39, 0.29) is 84.8 Å². The van der Waals surface area contributed by atoms with E-state index in [9.17, 15) is 94.9 Å². The highest BCUT2D eigenvalue weighted by molar-refractivity contribution is 7.86. The highest BCUT2D eigenvalue weighted by Crippen LogP contribution is 2.72. The SMILES string of the molecule is Cc1c(-c2ccc(N3CCc4cccc(C(=O)Nc5nc6ccccc6s5)c4C3)nc2C(=O)O)cnn1CC12CC3(C)CC(C)(C1)CC(OCCN(CCS(=O)(=O)O)C(=O)OCc1ccc(NC(=O)[C@H](C)NC(=O)[C@@H](NC(=O)CCN(CCOCCS(=O)(=O)O)C(=O)CN4C(=O)C=CC4=O)C(C)C)cc1CC[C@@H]1O[C@H](C(=O)O)[C@H](O)[C@@H](O)[C@H]1O)(C3)C2. The Kier molecular flexibility index (Phi) is 27.4. The smallest absolute Gasteiger partial charge is 0.410 e. The molecule has 6 heterocycles. The van der Waals surface area contributed by atoms with Crippen molar-refractivity contribution >= 4 is 118 Å². The summed E-state index contributed by atoms with van der Waals surface area (Å²) in [6.45, 7) is 8.80. The summed E-state index contributed by atoms with van der Waals surface area (Å²) in [7, 11) is -9.05. The first-order valence-electron chi connectivity index (χ1n) is 39.7. The lowest BCUT2D eigenvalue weighted by molar-refractivity contribution is -0.248. The first-order chi connectivity index (χ1) is 57.1. The Morgan fingerprint density at radius 3 is 2.13 bits per heavy atom. The number of aromatic nitrogens is 4. The summed E-state index contributed by atoms with van der Waals surface area (Å²) in [4.78, 5) is 147. The van der Waals surface area contributed by atoms with Crippen LogP contribution in [0.5, 0.6) is 0 Å². The number of aliphatic hydroxyl groups excluding tert-OH is 3. The van der Waals surface area contributed by atoms with Crippen molar-refractivity contribution in [3.05, 3.63) is 130 Å². The van der Waals surface area contributed by atoms with Crippen LogP contribution in [0, 0.1) is 29.1 Å². The van der Waals surface area contributed by atoms with E-state index in [2.05, 4.69) is 40.1 Å². The second-order valence-corrected chi connectivity index (χ2v) is 37.5.